The molecule has 0 bridgehead atoms. The largest absolute Gasteiger partial charge is 0.477 e. The number of carboxylic acid groups (broad SMARTS) is 2. The van der Waals surface area contributed by atoms with Crippen molar-refractivity contribution in [2.24, 2.45) is 0 Å². The average Bonchev–Trinajstić information content (AvgIpc) is 2.85. The number of hydrogen-bond donors (Lipinski definition) is 3. The zero-order valence-corrected chi connectivity index (χ0v) is 9.70. The lowest BCUT2D eigenvalue weighted by molar-refractivity contribution is -0.140. The summed E-state index contributed by atoms with van der Waals surface area (Å²) in [5.41, 5.74) is 0.427. The Morgan fingerprint density at radius 1 is 1.11 bits per heavy atom. The van der Waals surface area contributed by atoms with Gasteiger partial charge in [-0.15, -0.1) is 0 Å². The van der Waals surface area contributed by atoms with E-state index in [0.29, 0.717) is 11.5 Å². The van der Waals surface area contributed by atoms with Crippen molar-refractivity contribution in [2.75, 3.05) is 0 Å². The van der Waals surface area contributed by atoms with E-state index in [4.69, 9.17) is 10.2 Å². The fourth-order valence-electron chi connectivity index (χ4n) is 1.52. The number of H-pyrrole nitrogens is 1. The Morgan fingerprint density at radius 2 is 1.74 bits per heavy atom. The second-order valence-corrected chi connectivity index (χ2v) is 3.72. The summed E-state index contributed by atoms with van der Waals surface area (Å²) in [6, 6.07) is 9.21. The molecule has 2 rings (SSSR count). The van der Waals surface area contributed by atoms with E-state index < -0.39 is 17.5 Å². The minimum Gasteiger partial charge on any atom is -0.477 e. The van der Waals surface area contributed by atoms with Crippen molar-refractivity contribution < 1.29 is 19.8 Å². The van der Waals surface area contributed by atoms with Crippen molar-refractivity contribution in [3.05, 3.63) is 47.8 Å². The van der Waals surface area contributed by atoms with Crippen LogP contribution in [-0.2, 0) is 9.59 Å². The molecular weight excluding hydrogens is 248 g/mol. The molecule has 0 fully saturated rings. The molecule has 2 aromatic rings. The Kier molecular flexibility index (Phi) is 3.42. The lowest BCUT2D eigenvalue weighted by Crippen LogP contribution is -2.10. The molecule has 3 N–H and O–H groups in total. The van der Waals surface area contributed by atoms with Crippen LogP contribution in [0.2, 0.25) is 0 Å². The predicted molar refractivity (Wildman–Crippen MR) is 67.3 cm³/mol. The highest BCUT2D eigenvalue weighted by Gasteiger charge is 2.16. The number of hydrogen-bond acceptors (Lipinski definition) is 3. The number of nitrogens with zero attached hydrogens (tertiary/aromatic N) is 1. The zero-order chi connectivity index (χ0) is 13.8. The Morgan fingerprint density at radius 3 is 2.32 bits per heavy atom. The highest BCUT2D eigenvalue weighted by atomic mass is 16.4. The molecule has 96 valence electrons. The molecule has 1 heterocycles. The fraction of sp³-hybridized carbons (Fsp3) is 0. The van der Waals surface area contributed by atoms with Gasteiger partial charge in [0.2, 0.25) is 0 Å². The van der Waals surface area contributed by atoms with Gasteiger partial charge < -0.3 is 15.2 Å². The molecule has 6 heteroatoms. The number of aromatic amines is 1. The van der Waals surface area contributed by atoms with Crippen molar-refractivity contribution >= 4 is 18.0 Å². The predicted octanol–water partition coefficient (Wildman–Crippen LogP) is 1.63. The first-order valence-electron chi connectivity index (χ1n) is 5.36. The van der Waals surface area contributed by atoms with Crippen molar-refractivity contribution in [3.63, 3.8) is 0 Å². The van der Waals surface area contributed by atoms with E-state index in [1.807, 2.05) is 30.3 Å². The van der Waals surface area contributed by atoms with Crippen LogP contribution in [-0.4, -0.2) is 32.1 Å². The molecule has 1 aromatic heterocycles. The number of carboxylic acids is 2. The summed E-state index contributed by atoms with van der Waals surface area (Å²) in [4.78, 5) is 28.4. The SMILES string of the molecule is O=C(O)C(=Cc1cnc(-c2ccccc2)[nH]1)C(=O)O. The molecule has 0 saturated heterocycles. The number of benzene rings is 1. The smallest absolute Gasteiger partial charge is 0.343 e. The maximum absolute atomic E-state index is 10.7. The number of rotatable bonds is 4. The highest BCUT2D eigenvalue weighted by Crippen LogP contribution is 2.16. The molecule has 0 atom stereocenters. The quantitative estimate of drug-likeness (QED) is 0.439. The van der Waals surface area contributed by atoms with Crippen molar-refractivity contribution in [3.8, 4) is 11.4 Å². The summed E-state index contributed by atoms with van der Waals surface area (Å²) in [7, 11) is 0. The molecule has 0 aliphatic heterocycles. The van der Waals surface area contributed by atoms with E-state index in [2.05, 4.69) is 9.97 Å². The van der Waals surface area contributed by atoms with Crippen LogP contribution in [0.3, 0.4) is 0 Å². The Balaban J connectivity index is 2.34. The Bertz CT molecular complexity index is 628. The van der Waals surface area contributed by atoms with Crippen LogP contribution < -0.4 is 0 Å². The third-order valence-electron chi connectivity index (χ3n) is 2.40. The molecule has 0 spiro atoms. The van der Waals surface area contributed by atoms with Gasteiger partial charge in [0.25, 0.3) is 0 Å². The standard InChI is InChI=1S/C13H10N2O4/c16-12(17)10(13(18)19)6-9-7-14-11(15-9)8-4-2-1-3-5-8/h1-7H,(H,14,15)(H,16,17)(H,18,19). The maximum atomic E-state index is 10.7. The highest BCUT2D eigenvalue weighted by molar-refractivity contribution is 6.16. The van der Waals surface area contributed by atoms with Gasteiger partial charge in [-0.2, -0.15) is 0 Å². The maximum Gasteiger partial charge on any atom is 0.343 e. The minimum atomic E-state index is -1.50. The first-order valence-corrected chi connectivity index (χ1v) is 5.36. The van der Waals surface area contributed by atoms with E-state index in [-0.39, 0.29) is 0 Å². The van der Waals surface area contributed by atoms with Gasteiger partial charge in [0.05, 0.1) is 11.9 Å². The molecule has 6 nitrogen and oxygen atoms in total. The van der Waals surface area contributed by atoms with Crippen LogP contribution in [0.15, 0.2) is 42.1 Å². The normalized spacial score (nSPS) is 9.89. The molecule has 0 aliphatic carbocycles. The van der Waals surface area contributed by atoms with E-state index in [1.165, 1.54) is 6.20 Å². The van der Waals surface area contributed by atoms with Gasteiger partial charge in [-0.1, -0.05) is 30.3 Å². The Hall–Kier alpha value is -2.89. The van der Waals surface area contributed by atoms with Crippen LogP contribution in [0.1, 0.15) is 5.69 Å². The van der Waals surface area contributed by atoms with Crippen LogP contribution in [0.4, 0.5) is 0 Å². The summed E-state index contributed by atoms with van der Waals surface area (Å²) in [6.07, 6.45) is 2.42. The van der Waals surface area contributed by atoms with Gasteiger partial charge in [-0.25, -0.2) is 14.6 Å². The van der Waals surface area contributed by atoms with Gasteiger partial charge >= 0.3 is 11.9 Å². The van der Waals surface area contributed by atoms with E-state index in [1.54, 1.807) is 0 Å². The van der Waals surface area contributed by atoms with E-state index in [9.17, 15) is 9.59 Å². The molecule has 19 heavy (non-hydrogen) atoms. The van der Waals surface area contributed by atoms with Crippen molar-refractivity contribution in [1.82, 2.24) is 9.97 Å². The summed E-state index contributed by atoms with van der Waals surface area (Å²) in [5, 5.41) is 17.5. The third kappa shape index (κ3) is 2.86. The molecule has 0 saturated carbocycles. The van der Waals surface area contributed by atoms with E-state index in [0.717, 1.165) is 11.6 Å². The van der Waals surface area contributed by atoms with Gasteiger partial charge in [-0.05, 0) is 6.08 Å². The lowest BCUT2D eigenvalue weighted by Gasteiger charge is -1.95. The third-order valence-corrected chi connectivity index (χ3v) is 2.40. The second-order valence-electron chi connectivity index (χ2n) is 3.72. The number of carbonyl (C=O) groups is 2. The number of imidazole rings is 1. The van der Waals surface area contributed by atoms with Crippen LogP contribution in [0, 0.1) is 0 Å². The second kappa shape index (κ2) is 5.18. The van der Waals surface area contributed by atoms with Gasteiger partial charge in [0.1, 0.15) is 11.4 Å². The molecule has 0 radical (unpaired) electrons. The summed E-state index contributed by atoms with van der Waals surface area (Å²) < 4.78 is 0. The molecule has 0 aliphatic rings. The first kappa shape index (κ1) is 12.6. The fourth-order valence-corrected chi connectivity index (χ4v) is 1.52. The Labute approximate surface area is 108 Å². The summed E-state index contributed by atoms with van der Waals surface area (Å²) >= 11 is 0. The molecule has 0 amide bonds. The summed E-state index contributed by atoms with van der Waals surface area (Å²) in [5.74, 6) is -2.45. The average molecular weight is 258 g/mol. The van der Waals surface area contributed by atoms with Gasteiger partial charge in [0.15, 0.2) is 0 Å². The van der Waals surface area contributed by atoms with Gasteiger partial charge in [0, 0.05) is 5.56 Å². The first-order chi connectivity index (χ1) is 9.08. The van der Waals surface area contributed by atoms with Crippen LogP contribution in [0.25, 0.3) is 17.5 Å². The number of aliphatic carboxylic acids is 2. The monoisotopic (exact) mass is 258 g/mol. The van der Waals surface area contributed by atoms with Crippen LogP contribution >= 0.6 is 0 Å². The molecule has 0 unspecified atom stereocenters. The van der Waals surface area contributed by atoms with Crippen molar-refractivity contribution in [2.45, 2.75) is 0 Å². The van der Waals surface area contributed by atoms with Crippen LogP contribution in [0.5, 0.6) is 0 Å². The topological polar surface area (TPSA) is 103 Å². The number of aromatic nitrogens is 2. The van der Waals surface area contributed by atoms with Crippen molar-refractivity contribution in [1.29, 1.82) is 0 Å². The summed E-state index contributed by atoms with van der Waals surface area (Å²) in [6.45, 7) is 0. The minimum absolute atomic E-state index is 0.318. The number of nitrogens with one attached hydrogen (secondary N) is 1. The zero-order valence-electron chi connectivity index (χ0n) is 9.70. The molecule has 1 aromatic carbocycles. The van der Waals surface area contributed by atoms with E-state index >= 15 is 0 Å². The lowest BCUT2D eigenvalue weighted by atomic mass is 10.2. The molecular formula is C13H10N2O4. The van der Waals surface area contributed by atoms with Gasteiger partial charge in [-0.3, -0.25) is 0 Å².